The van der Waals surface area contributed by atoms with Crippen LogP contribution in [-0.2, 0) is 0 Å². The Hall–Kier alpha value is 1.38. The van der Waals surface area contributed by atoms with E-state index in [9.17, 15) is 0 Å². The molecule has 0 fully saturated rings. The summed E-state index contributed by atoms with van der Waals surface area (Å²) in [6, 6.07) is 0. The van der Waals surface area contributed by atoms with Crippen molar-refractivity contribution in [3.8, 4) is 0 Å². The molecule has 7 heteroatoms. The summed E-state index contributed by atoms with van der Waals surface area (Å²) in [7, 11) is -3.47. The fraction of sp³-hybridized carbons (Fsp3) is 1.00. The molecule has 0 spiro atoms. The zero-order chi connectivity index (χ0) is 12.4. The van der Waals surface area contributed by atoms with E-state index in [-0.39, 0.29) is 27.8 Å². The standard InChI is InChI=1S/C9H27N2Si4.Li/c1-12(2)10-15(8,9)11(13(3)4)14(5,6)7;/h1-9H3;/q-1;+1. The Kier molecular flexibility index (Phi) is 8.74. The topological polar surface area (TPSA) is 17.3 Å². The minimum Gasteiger partial charge on any atom is -0.658 e. The van der Waals surface area contributed by atoms with Crippen molar-refractivity contribution in [3.05, 3.63) is 4.65 Å². The summed E-state index contributed by atoms with van der Waals surface area (Å²) in [5, 5.41) is 0. The third-order valence-corrected chi connectivity index (χ3v) is 19.5. The quantitative estimate of drug-likeness (QED) is 0.679. The molecule has 16 heavy (non-hydrogen) atoms. The van der Waals surface area contributed by atoms with Gasteiger partial charge < -0.3 is 8.54 Å². The van der Waals surface area contributed by atoms with Crippen molar-refractivity contribution < 1.29 is 18.9 Å². The molecule has 0 aliphatic rings. The summed E-state index contributed by atoms with van der Waals surface area (Å²) >= 11 is 0. The molecule has 0 aliphatic heterocycles. The van der Waals surface area contributed by atoms with Gasteiger partial charge in [0.25, 0.3) is 0 Å². The summed E-state index contributed by atoms with van der Waals surface area (Å²) in [6.07, 6.45) is 0. The van der Waals surface area contributed by atoms with E-state index in [0.29, 0.717) is 0 Å². The first-order valence-electron chi connectivity index (χ1n) is 5.62. The second-order valence-corrected chi connectivity index (χ2v) is 20.7. The van der Waals surface area contributed by atoms with E-state index in [1.807, 2.05) is 0 Å². The van der Waals surface area contributed by atoms with Crippen LogP contribution >= 0.6 is 0 Å². The first-order valence-corrected chi connectivity index (χ1v) is 16.9. The molecule has 0 aromatic carbocycles. The van der Waals surface area contributed by atoms with E-state index in [1.165, 1.54) is 0 Å². The Labute approximate surface area is 120 Å². The van der Waals surface area contributed by atoms with Crippen molar-refractivity contribution in [2.75, 3.05) is 0 Å². The second kappa shape index (κ2) is 7.09. The summed E-state index contributed by atoms with van der Waals surface area (Å²) in [6.45, 7) is 21.7. The molecule has 0 atom stereocenters. The maximum absolute atomic E-state index is 5.12. The van der Waals surface area contributed by atoms with Crippen molar-refractivity contribution in [2.24, 2.45) is 0 Å². The van der Waals surface area contributed by atoms with Crippen LogP contribution in [0, 0.1) is 0 Å². The third kappa shape index (κ3) is 6.35. The van der Waals surface area contributed by atoms with Crippen molar-refractivity contribution in [1.29, 1.82) is 0 Å². The van der Waals surface area contributed by atoms with E-state index in [2.05, 4.69) is 62.8 Å². The second-order valence-electron chi connectivity index (χ2n) is 6.01. The van der Waals surface area contributed by atoms with Gasteiger partial charge in [-0.2, -0.15) is 0 Å². The van der Waals surface area contributed by atoms with Crippen molar-refractivity contribution in [2.45, 2.75) is 58.9 Å². The van der Waals surface area contributed by atoms with Crippen LogP contribution in [0.25, 0.3) is 4.65 Å². The molecule has 0 aromatic heterocycles. The fourth-order valence-corrected chi connectivity index (χ4v) is 24.6. The summed E-state index contributed by atoms with van der Waals surface area (Å²) < 4.78 is 8.00. The smallest absolute Gasteiger partial charge is 0.658 e. The van der Waals surface area contributed by atoms with Gasteiger partial charge in [0.1, 0.15) is 17.2 Å². The minimum absolute atomic E-state index is 0. The van der Waals surface area contributed by atoms with E-state index in [1.54, 1.807) is 0 Å². The molecule has 0 rings (SSSR count). The Morgan fingerprint density at radius 3 is 1.44 bits per heavy atom. The normalized spacial score (nSPS) is 13.5. The first-order chi connectivity index (χ1) is 6.48. The molecule has 0 saturated heterocycles. The predicted octanol–water partition coefficient (Wildman–Crippen LogP) is 0.705. The van der Waals surface area contributed by atoms with Crippen LogP contribution in [0.2, 0.25) is 58.9 Å². The minimum atomic E-state index is -1.48. The number of rotatable bonds is 5. The monoisotopic (exact) mass is 282 g/mol. The molecule has 0 aromatic rings. The van der Waals surface area contributed by atoms with Crippen LogP contribution in [0.1, 0.15) is 0 Å². The maximum atomic E-state index is 5.12. The SMILES string of the molecule is C[Si](C)[N-][Si](C)(C)N([Si](C)C)[Si](C)(C)C.[Li+]. The molecule has 0 heterocycles. The van der Waals surface area contributed by atoms with Crippen LogP contribution in [0.4, 0.5) is 0 Å². The van der Waals surface area contributed by atoms with Crippen molar-refractivity contribution >= 4 is 34.5 Å². The molecular weight excluding hydrogens is 255 g/mol. The average molecular weight is 283 g/mol. The number of hydrogen-bond donors (Lipinski definition) is 0. The fourth-order valence-electron chi connectivity index (χ4n) is 2.64. The molecule has 2 nitrogen and oxygen atoms in total. The van der Waals surface area contributed by atoms with Crippen LogP contribution < -0.4 is 18.9 Å². The van der Waals surface area contributed by atoms with Gasteiger partial charge in [-0.3, -0.25) is 0 Å². The Balaban J connectivity index is 0. The molecule has 0 unspecified atom stereocenters. The Morgan fingerprint density at radius 1 is 0.875 bits per heavy atom. The molecule has 0 saturated carbocycles. The van der Waals surface area contributed by atoms with Gasteiger partial charge in [-0.1, -0.05) is 67.9 Å². The van der Waals surface area contributed by atoms with Crippen LogP contribution in [0.5, 0.6) is 0 Å². The number of hydrogen-bond acceptors (Lipinski definition) is 1. The van der Waals surface area contributed by atoms with Crippen LogP contribution in [-0.4, -0.2) is 38.4 Å². The largest absolute Gasteiger partial charge is 1.00 e. The zero-order valence-corrected chi connectivity index (χ0v) is 16.9. The molecular formula is C9H27LiN2Si4. The molecule has 90 valence electrons. The predicted molar refractivity (Wildman–Crippen MR) is 81.0 cm³/mol. The van der Waals surface area contributed by atoms with Crippen LogP contribution in [0.15, 0.2) is 0 Å². The van der Waals surface area contributed by atoms with Gasteiger partial charge in [0.15, 0.2) is 0 Å². The van der Waals surface area contributed by atoms with Gasteiger partial charge in [0.2, 0.25) is 0 Å². The third-order valence-electron chi connectivity index (χ3n) is 2.16. The van der Waals surface area contributed by atoms with Gasteiger partial charge in [-0.05, 0) is 8.40 Å². The molecule has 0 bridgehead atoms. The van der Waals surface area contributed by atoms with Gasteiger partial charge in [0, 0.05) is 0 Å². The van der Waals surface area contributed by atoms with E-state index in [0.717, 1.165) is 0 Å². The van der Waals surface area contributed by atoms with Crippen LogP contribution in [0.3, 0.4) is 0 Å². The molecule has 0 N–H and O–H groups in total. The first kappa shape index (κ1) is 19.7. The summed E-state index contributed by atoms with van der Waals surface area (Å²) in [5.41, 5.74) is 0. The van der Waals surface area contributed by atoms with E-state index in [4.69, 9.17) is 4.65 Å². The van der Waals surface area contributed by atoms with Gasteiger partial charge in [0.05, 0.1) is 0 Å². The molecule has 0 aliphatic carbocycles. The van der Waals surface area contributed by atoms with E-state index >= 15 is 0 Å². The number of nitrogens with zero attached hydrogens (tertiary/aromatic N) is 2. The van der Waals surface area contributed by atoms with E-state index < -0.39 is 25.6 Å². The zero-order valence-electron chi connectivity index (χ0n) is 12.9. The molecule has 0 amide bonds. The summed E-state index contributed by atoms with van der Waals surface area (Å²) in [5.74, 6) is 0. The Morgan fingerprint density at radius 2 is 1.25 bits per heavy atom. The average Bonchev–Trinajstić information content (AvgIpc) is 1.74. The van der Waals surface area contributed by atoms with Crippen molar-refractivity contribution in [1.82, 2.24) is 3.90 Å². The van der Waals surface area contributed by atoms with Gasteiger partial charge >= 0.3 is 18.9 Å². The summed E-state index contributed by atoms with van der Waals surface area (Å²) in [4.78, 5) is 0. The Bertz CT molecular complexity index is 204. The van der Waals surface area contributed by atoms with Gasteiger partial charge in [-0.25, -0.2) is 0 Å². The van der Waals surface area contributed by atoms with Gasteiger partial charge in [-0.15, -0.1) is 0 Å². The maximum Gasteiger partial charge on any atom is 1.00 e. The van der Waals surface area contributed by atoms with Crippen molar-refractivity contribution in [3.63, 3.8) is 0 Å². The molecule has 2 radical (unpaired) electrons.